The van der Waals surface area contributed by atoms with Crippen LogP contribution in [0.5, 0.6) is 5.88 Å². The molecule has 9 nitrogen and oxygen atoms in total. The molecule has 10 heteroatoms. The summed E-state index contributed by atoms with van der Waals surface area (Å²) in [5.74, 6) is 2.63. The Balaban J connectivity index is 1.14. The highest BCUT2D eigenvalue weighted by Crippen LogP contribution is 2.30. The van der Waals surface area contributed by atoms with Crippen LogP contribution in [0.1, 0.15) is 63.7 Å². The number of aromatic nitrogens is 3. The number of benzene rings is 2. The van der Waals surface area contributed by atoms with E-state index < -0.39 is 11.8 Å². The molecule has 4 heterocycles. The zero-order valence-corrected chi connectivity index (χ0v) is 23.5. The molecule has 2 aromatic carbocycles. The third-order valence-corrected chi connectivity index (χ3v) is 8.19. The number of pyridine rings is 1. The lowest BCUT2D eigenvalue weighted by atomic mass is 9.93. The Morgan fingerprint density at radius 3 is 2.65 bits per heavy atom. The van der Waals surface area contributed by atoms with Gasteiger partial charge in [0, 0.05) is 29.8 Å². The molecule has 2 fully saturated rings. The molecule has 2 aliphatic heterocycles. The Morgan fingerprint density at radius 1 is 1.16 bits per heavy atom. The lowest BCUT2D eigenvalue weighted by molar-refractivity contribution is -0.0592. The quantitative estimate of drug-likeness (QED) is 0.280. The van der Waals surface area contributed by atoms with Crippen molar-refractivity contribution in [3.05, 3.63) is 88.1 Å². The van der Waals surface area contributed by atoms with Crippen molar-refractivity contribution in [3.63, 3.8) is 0 Å². The Labute approximate surface area is 248 Å². The number of carboxylic acid groups (broad SMARTS) is 1. The van der Waals surface area contributed by atoms with E-state index in [1.54, 1.807) is 24.3 Å². The number of piperidine rings is 1. The third kappa shape index (κ3) is 6.07. The summed E-state index contributed by atoms with van der Waals surface area (Å²) in [6.45, 7) is 3.61. The summed E-state index contributed by atoms with van der Waals surface area (Å²) < 4.78 is 27.8. The highest BCUT2D eigenvalue weighted by molar-refractivity contribution is 5.95. The van der Waals surface area contributed by atoms with Crippen LogP contribution in [0.25, 0.3) is 11.0 Å². The smallest absolute Gasteiger partial charge is 0.335 e. The number of nitriles is 1. The first kappa shape index (κ1) is 28.4. The van der Waals surface area contributed by atoms with E-state index in [1.807, 2.05) is 18.2 Å². The average molecular weight is 580 g/mol. The summed E-state index contributed by atoms with van der Waals surface area (Å²) in [7, 11) is 0. The van der Waals surface area contributed by atoms with Gasteiger partial charge in [-0.2, -0.15) is 5.26 Å². The van der Waals surface area contributed by atoms with Gasteiger partial charge in [0.05, 0.1) is 47.5 Å². The van der Waals surface area contributed by atoms with E-state index in [4.69, 9.17) is 31.1 Å². The molecular formula is C33H30FN5O4. The van der Waals surface area contributed by atoms with E-state index in [-0.39, 0.29) is 29.8 Å². The number of likely N-dealkylation sites (tertiary alicyclic amines) is 1. The molecule has 218 valence electrons. The SMILES string of the molecule is C#Cc1cc(C(=O)O)cc2c1nc(CN1CCC(c3cccc(OCc4ccc(C#N)cc4F)n3)CC1)n2CC1CCO1. The lowest BCUT2D eigenvalue weighted by Crippen LogP contribution is -2.35. The van der Waals surface area contributed by atoms with Crippen molar-refractivity contribution in [2.24, 2.45) is 0 Å². The van der Waals surface area contributed by atoms with Gasteiger partial charge >= 0.3 is 5.97 Å². The molecule has 6 rings (SSSR count). The summed E-state index contributed by atoms with van der Waals surface area (Å²) in [4.78, 5) is 23.7. The van der Waals surface area contributed by atoms with Crippen molar-refractivity contribution in [1.29, 1.82) is 5.26 Å². The van der Waals surface area contributed by atoms with Crippen LogP contribution in [0.2, 0.25) is 0 Å². The van der Waals surface area contributed by atoms with E-state index in [0.717, 1.165) is 56.0 Å². The molecule has 0 bridgehead atoms. The summed E-state index contributed by atoms with van der Waals surface area (Å²) in [6.07, 6.45) is 8.55. The number of terminal acetylenes is 1. The van der Waals surface area contributed by atoms with Gasteiger partial charge in [0.25, 0.3) is 0 Å². The fourth-order valence-corrected chi connectivity index (χ4v) is 5.67. The molecule has 0 spiro atoms. The van der Waals surface area contributed by atoms with Gasteiger partial charge in [0.1, 0.15) is 23.8 Å². The predicted molar refractivity (Wildman–Crippen MR) is 156 cm³/mol. The molecule has 1 N–H and O–H groups in total. The monoisotopic (exact) mass is 579 g/mol. The second kappa shape index (κ2) is 12.2. The van der Waals surface area contributed by atoms with Gasteiger partial charge in [-0.1, -0.05) is 18.1 Å². The van der Waals surface area contributed by atoms with Crippen LogP contribution in [0.15, 0.2) is 48.5 Å². The number of hydrogen-bond acceptors (Lipinski definition) is 7. The number of ether oxygens (including phenoxy) is 2. The number of nitrogens with zero attached hydrogens (tertiary/aromatic N) is 5. The maximum atomic E-state index is 14.3. The average Bonchev–Trinajstić information content (AvgIpc) is 3.34. The van der Waals surface area contributed by atoms with Crippen LogP contribution in [-0.2, 0) is 24.4 Å². The molecule has 0 radical (unpaired) electrons. The molecule has 4 aromatic rings. The molecule has 2 aromatic heterocycles. The molecule has 0 amide bonds. The zero-order valence-electron chi connectivity index (χ0n) is 23.5. The second-order valence-electron chi connectivity index (χ2n) is 10.9. The van der Waals surface area contributed by atoms with Crippen molar-refractivity contribution < 1.29 is 23.8 Å². The third-order valence-electron chi connectivity index (χ3n) is 8.19. The summed E-state index contributed by atoms with van der Waals surface area (Å²) >= 11 is 0. The molecule has 2 aliphatic rings. The van der Waals surface area contributed by atoms with Crippen molar-refractivity contribution >= 4 is 17.0 Å². The van der Waals surface area contributed by atoms with Crippen LogP contribution in [0.4, 0.5) is 4.39 Å². The minimum Gasteiger partial charge on any atom is -0.478 e. The first-order chi connectivity index (χ1) is 20.9. The first-order valence-corrected chi connectivity index (χ1v) is 14.3. The molecule has 43 heavy (non-hydrogen) atoms. The van der Waals surface area contributed by atoms with Gasteiger partial charge in [-0.05, 0) is 62.7 Å². The largest absolute Gasteiger partial charge is 0.478 e. The number of aromatic carboxylic acids is 1. The Morgan fingerprint density at radius 2 is 1.98 bits per heavy atom. The molecule has 0 aliphatic carbocycles. The maximum absolute atomic E-state index is 14.3. The van der Waals surface area contributed by atoms with Gasteiger partial charge in [-0.15, -0.1) is 6.42 Å². The number of imidazole rings is 1. The predicted octanol–water partition coefficient (Wildman–Crippen LogP) is 4.87. The van der Waals surface area contributed by atoms with Crippen LogP contribution in [0, 0.1) is 29.5 Å². The summed E-state index contributed by atoms with van der Waals surface area (Å²) in [5.41, 5.74) is 3.54. The van der Waals surface area contributed by atoms with Crippen molar-refractivity contribution in [2.45, 2.75) is 51.0 Å². The minimum atomic E-state index is -1.03. The lowest BCUT2D eigenvalue weighted by Gasteiger charge is -2.32. The van der Waals surface area contributed by atoms with Gasteiger partial charge in [0.15, 0.2) is 0 Å². The highest BCUT2D eigenvalue weighted by Gasteiger charge is 2.27. The molecule has 1 atom stereocenters. The number of carbonyl (C=O) groups is 1. The fraction of sp³-hybridized carbons (Fsp3) is 0.333. The number of rotatable bonds is 9. The normalized spacial score (nSPS) is 17.2. The standard InChI is InChI=1S/C33H30FN5O4/c1-2-22-15-25(33(40)41)16-29-32(22)37-30(39(29)18-26-10-13-42-26)19-38-11-8-23(9-12-38)28-4-3-5-31(36-28)43-20-24-7-6-21(17-35)14-27(24)34/h1,3-7,14-16,23,26H,8-13,18-20H2,(H,40,41). The summed E-state index contributed by atoms with van der Waals surface area (Å²) in [5, 5.41) is 18.6. The Kier molecular flexibility index (Phi) is 8.06. The highest BCUT2D eigenvalue weighted by atomic mass is 19.1. The molecular weight excluding hydrogens is 549 g/mol. The van der Waals surface area contributed by atoms with Crippen molar-refractivity contribution in [3.8, 4) is 24.3 Å². The van der Waals surface area contributed by atoms with Crippen LogP contribution in [-0.4, -0.2) is 56.3 Å². The molecule has 0 saturated carbocycles. The second-order valence-corrected chi connectivity index (χ2v) is 10.9. The van der Waals surface area contributed by atoms with E-state index in [1.165, 1.54) is 12.1 Å². The number of carboxylic acids is 1. The van der Waals surface area contributed by atoms with Gasteiger partial charge in [-0.25, -0.2) is 19.2 Å². The van der Waals surface area contributed by atoms with E-state index in [0.29, 0.717) is 35.6 Å². The van der Waals surface area contributed by atoms with Crippen LogP contribution >= 0.6 is 0 Å². The van der Waals surface area contributed by atoms with Crippen LogP contribution < -0.4 is 4.74 Å². The van der Waals surface area contributed by atoms with Crippen LogP contribution in [0.3, 0.4) is 0 Å². The maximum Gasteiger partial charge on any atom is 0.335 e. The van der Waals surface area contributed by atoms with Crippen molar-refractivity contribution in [2.75, 3.05) is 19.7 Å². The first-order valence-electron chi connectivity index (χ1n) is 14.3. The minimum absolute atomic E-state index is 0.0225. The van der Waals surface area contributed by atoms with E-state index in [2.05, 4.69) is 15.4 Å². The van der Waals surface area contributed by atoms with Gasteiger partial charge in [0.2, 0.25) is 5.88 Å². The zero-order chi connectivity index (χ0) is 29.9. The van der Waals surface area contributed by atoms with Gasteiger partial charge < -0.3 is 19.1 Å². The molecule has 2 saturated heterocycles. The topological polar surface area (TPSA) is 113 Å². The van der Waals surface area contributed by atoms with E-state index >= 15 is 0 Å². The summed E-state index contributed by atoms with van der Waals surface area (Å²) in [6, 6.07) is 15.1. The number of fused-ring (bicyclic) bond motifs is 1. The molecule has 1 unspecified atom stereocenters. The van der Waals surface area contributed by atoms with Gasteiger partial charge in [-0.3, -0.25) is 4.90 Å². The Hall–Kier alpha value is -4.77. The van der Waals surface area contributed by atoms with E-state index in [9.17, 15) is 14.3 Å². The number of halogens is 1. The van der Waals surface area contributed by atoms with Crippen molar-refractivity contribution in [1.82, 2.24) is 19.4 Å². The fourth-order valence-electron chi connectivity index (χ4n) is 5.67. The number of hydrogen-bond donors (Lipinski definition) is 1. The Bertz CT molecular complexity index is 1760.